The summed E-state index contributed by atoms with van der Waals surface area (Å²) in [6.45, 7) is 7.12. The Morgan fingerprint density at radius 2 is 2.26 bits per heavy atom. The van der Waals surface area contributed by atoms with Gasteiger partial charge in [-0.25, -0.2) is 0 Å². The summed E-state index contributed by atoms with van der Waals surface area (Å²) in [5.74, 6) is 1.58. The third kappa shape index (κ3) is 1.72. The van der Waals surface area contributed by atoms with E-state index in [1.807, 2.05) is 0 Å². The molecule has 3 heterocycles. The molecule has 2 aliphatic rings. The Bertz CT molecular complexity index is 524. The summed E-state index contributed by atoms with van der Waals surface area (Å²) in [6, 6.07) is 0. The number of nitrogens with one attached hydrogen (secondary N) is 1. The molecule has 0 radical (unpaired) electrons. The van der Waals surface area contributed by atoms with Crippen LogP contribution in [0.5, 0.6) is 0 Å². The second-order valence-corrected chi connectivity index (χ2v) is 6.06. The van der Waals surface area contributed by atoms with E-state index in [1.165, 1.54) is 10.9 Å². The van der Waals surface area contributed by atoms with Gasteiger partial charge in [0.2, 0.25) is 5.82 Å². The minimum absolute atomic E-state index is 0.100. The van der Waals surface area contributed by atoms with Crippen molar-refractivity contribution in [3.63, 3.8) is 0 Å². The van der Waals surface area contributed by atoms with Gasteiger partial charge in [-0.2, -0.15) is 0 Å². The first-order chi connectivity index (χ1) is 8.91. The predicted octanol–water partition coefficient (Wildman–Crippen LogP) is 0.762. The van der Waals surface area contributed by atoms with Gasteiger partial charge in [-0.1, -0.05) is 0 Å². The molecule has 3 rings (SSSR count). The Morgan fingerprint density at radius 1 is 1.53 bits per heavy atom. The molecule has 1 aromatic rings. The molecule has 0 aliphatic carbocycles. The minimum Gasteiger partial charge on any atom is -0.344 e. The van der Waals surface area contributed by atoms with E-state index >= 15 is 0 Å². The van der Waals surface area contributed by atoms with Crippen molar-refractivity contribution < 1.29 is 4.92 Å². The normalized spacial score (nSPS) is 28.7. The third-order valence-electron chi connectivity index (χ3n) is 4.60. The lowest BCUT2D eigenvalue weighted by Gasteiger charge is -2.35. The van der Waals surface area contributed by atoms with Crippen LogP contribution in [0, 0.1) is 22.0 Å². The van der Waals surface area contributed by atoms with Crippen LogP contribution >= 0.6 is 0 Å². The van der Waals surface area contributed by atoms with E-state index in [0.29, 0.717) is 17.7 Å². The van der Waals surface area contributed by atoms with Gasteiger partial charge in [0.05, 0.1) is 4.92 Å². The van der Waals surface area contributed by atoms with Gasteiger partial charge in [-0.15, -0.1) is 5.10 Å². The zero-order chi connectivity index (χ0) is 13.8. The van der Waals surface area contributed by atoms with Crippen molar-refractivity contribution in [1.82, 2.24) is 15.1 Å². The summed E-state index contributed by atoms with van der Waals surface area (Å²) >= 11 is 0. The SMILES string of the molecule is Cn1cc([N+](=O)[O-])c(N2CC3CNCC3C2(C)C)n1. The summed E-state index contributed by atoms with van der Waals surface area (Å²) in [6.07, 6.45) is 1.48. The van der Waals surface area contributed by atoms with E-state index in [9.17, 15) is 10.1 Å². The summed E-state index contributed by atoms with van der Waals surface area (Å²) in [5, 5.41) is 18.9. The molecule has 19 heavy (non-hydrogen) atoms. The van der Waals surface area contributed by atoms with Crippen molar-refractivity contribution in [2.75, 3.05) is 24.5 Å². The maximum absolute atomic E-state index is 11.2. The fourth-order valence-corrected chi connectivity index (χ4v) is 3.57. The zero-order valence-electron chi connectivity index (χ0n) is 11.5. The number of anilines is 1. The van der Waals surface area contributed by atoms with Crippen LogP contribution in [0.2, 0.25) is 0 Å². The topological polar surface area (TPSA) is 76.2 Å². The fraction of sp³-hybridized carbons (Fsp3) is 0.750. The van der Waals surface area contributed by atoms with Crippen molar-refractivity contribution >= 4 is 11.5 Å². The van der Waals surface area contributed by atoms with E-state index in [2.05, 4.69) is 29.2 Å². The lowest BCUT2D eigenvalue weighted by Crippen LogP contribution is -2.45. The van der Waals surface area contributed by atoms with Crippen LogP contribution in [0.15, 0.2) is 6.20 Å². The van der Waals surface area contributed by atoms with Gasteiger partial charge in [0.15, 0.2) is 0 Å². The molecule has 7 heteroatoms. The number of nitro groups is 1. The van der Waals surface area contributed by atoms with Crippen LogP contribution < -0.4 is 10.2 Å². The lowest BCUT2D eigenvalue weighted by molar-refractivity contribution is -0.384. The molecule has 104 valence electrons. The van der Waals surface area contributed by atoms with Gasteiger partial charge in [-0.3, -0.25) is 14.8 Å². The number of aryl methyl sites for hydroxylation is 1. The number of hydrogen-bond donors (Lipinski definition) is 1. The van der Waals surface area contributed by atoms with Crippen molar-refractivity contribution in [2.24, 2.45) is 18.9 Å². The molecular formula is C12H19N5O2. The van der Waals surface area contributed by atoms with Crippen molar-refractivity contribution in [2.45, 2.75) is 19.4 Å². The standard InChI is InChI=1S/C12H19N5O2/c1-12(2)9-5-13-4-8(9)6-16(12)11-10(17(18)19)7-15(3)14-11/h7-9,13H,4-6H2,1-3H3. The highest BCUT2D eigenvalue weighted by atomic mass is 16.6. The Morgan fingerprint density at radius 3 is 2.89 bits per heavy atom. The van der Waals surface area contributed by atoms with Crippen LogP contribution in [0.25, 0.3) is 0 Å². The Hall–Kier alpha value is -1.63. The second-order valence-electron chi connectivity index (χ2n) is 6.06. The zero-order valence-corrected chi connectivity index (χ0v) is 11.5. The maximum Gasteiger partial charge on any atom is 0.330 e. The Labute approximate surface area is 111 Å². The minimum atomic E-state index is -0.342. The van der Waals surface area contributed by atoms with E-state index in [-0.39, 0.29) is 16.1 Å². The third-order valence-corrected chi connectivity index (χ3v) is 4.60. The van der Waals surface area contributed by atoms with E-state index in [0.717, 1.165) is 19.6 Å². The van der Waals surface area contributed by atoms with Gasteiger partial charge in [-0.05, 0) is 25.7 Å². The highest BCUT2D eigenvalue weighted by Crippen LogP contribution is 2.44. The molecule has 0 saturated carbocycles. The number of rotatable bonds is 2. The van der Waals surface area contributed by atoms with Gasteiger partial charge in [0, 0.05) is 32.2 Å². The maximum atomic E-state index is 11.2. The summed E-state index contributed by atoms with van der Waals surface area (Å²) in [7, 11) is 1.72. The van der Waals surface area contributed by atoms with Gasteiger partial charge >= 0.3 is 5.69 Å². The molecule has 2 saturated heterocycles. The van der Waals surface area contributed by atoms with Crippen LogP contribution in [0.1, 0.15) is 13.8 Å². The molecule has 2 fully saturated rings. The summed E-state index contributed by atoms with van der Waals surface area (Å²) in [5.41, 5.74) is -0.00342. The molecule has 2 unspecified atom stereocenters. The van der Waals surface area contributed by atoms with E-state index < -0.39 is 0 Å². The van der Waals surface area contributed by atoms with Gasteiger partial charge in [0.1, 0.15) is 6.20 Å². The molecule has 0 bridgehead atoms. The van der Waals surface area contributed by atoms with Gasteiger partial charge in [0.25, 0.3) is 0 Å². The van der Waals surface area contributed by atoms with Crippen LogP contribution in [0.3, 0.4) is 0 Å². The average Bonchev–Trinajstić information content (AvgIpc) is 2.95. The molecule has 1 aromatic heterocycles. The van der Waals surface area contributed by atoms with E-state index in [4.69, 9.17) is 0 Å². The number of fused-ring (bicyclic) bond motifs is 1. The molecule has 1 N–H and O–H groups in total. The van der Waals surface area contributed by atoms with Crippen molar-refractivity contribution in [3.05, 3.63) is 16.3 Å². The van der Waals surface area contributed by atoms with E-state index in [1.54, 1.807) is 7.05 Å². The summed E-state index contributed by atoms with van der Waals surface area (Å²) < 4.78 is 1.52. The molecule has 2 aliphatic heterocycles. The quantitative estimate of drug-likeness (QED) is 0.631. The summed E-state index contributed by atoms with van der Waals surface area (Å²) in [4.78, 5) is 12.9. The molecule has 0 spiro atoms. The van der Waals surface area contributed by atoms with Gasteiger partial charge < -0.3 is 10.2 Å². The second kappa shape index (κ2) is 3.93. The van der Waals surface area contributed by atoms with Crippen LogP contribution in [-0.2, 0) is 7.05 Å². The fourth-order valence-electron chi connectivity index (χ4n) is 3.57. The molecule has 7 nitrogen and oxygen atoms in total. The van der Waals surface area contributed by atoms with Crippen molar-refractivity contribution in [1.29, 1.82) is 0 Å². The number of nitrogens with zero attached hydrogens (tertiary/aromatic N) is 4. The molecule has 0 aromatic carbocycles. The van der Waals surface area contributed by atoms with Crippen molar-refractivity contribution in [3.8, 4) is 0 Å². The first-order valence-electron chi connectivity index (χ1n) is 6.57. The number of hydrogen-bond acceptors (Lipinski definition) is 5. The largest absolute Gasteiger partial charge is 0.344 e. The predicted molar refractivity (Wildman–Crippen MR) is 71.1 cm³/mol. The lowest BCUT2D eigenvalue weighted by atomic mass is 9.85. The average molecular weight is 265 g/mol. The highest BCUT2D eigenvalue weighted by Gasteiger charge is 2.51. The molecular weight excluding hydrogens is 246 g/mol. The first kappa shape index (κ1) is 12.4. The van der Waals surface area contributed by atoms with Crippen LogP contribution in [-0.4, -0.2) is 39.9 Å². The molecule has 2 atom stereocenters. The monoisotopic (exact) mass is 265 g/mol. The Balaban J connectivity index is 2.01. The first-order valence-corrected chi connectivity index (χ1v) is 6.57. The highest BCUT2D eigenvalue weighted by molar-refractivity contribution is 5.59. The van der Waals surface area contributed by atoms with Crippen LogP contribution in [0.4, 0.5) is 11.5 Å². The number of aromatic nitrogens is 2. The Kier molecular flexibility index (Phi) is 2.57. The molecule has 0 amide bonds. The smallest absolute Gasteiger partial charge is 0.330 e.